The van der Waals surface area contributed by atoms with E-state index in [0.717, 1.165) is 10.3 Å². The molecule has 0 atom stereocenters. The minimum atomic E-state index is -0.604. The average molecular weight is 455 g/mol. The number of pyridine rings is 1. The third kappa shape index (κ3) is 4.18. The highest BCUT2D eigenvalue weighted by Crippen LogP contribution is 2.36. The van der Waals surface area contributed by atoms with Crippen molar-refractivity contribution in [3.05, 3.63) is 87.2 Å². The Labute approximate surface area is 185 Å². The molecular formula is C21H15ClN4O4S. The van der Waals surface area contributed by atoms with Gasteiger partial charge in [-0.15, -0.1) is 0 Å². The molecule has 0 aliphatic carbocycles. The van der Waals surface area contributed by atoms with Gasteiger partial charge in [0.1, 0.15) is 16.8 Å². The number of thiazole rings is 1. The standard InChI is InChI=1S/C21H15ClN4O4S/c1-30-17-5-2-6-18-19(17)24-21(31-18)25(12-13-4-3-9-23-11-13)20(27)15-10-14(22)7-8-16(15)26(28)29/h2-11H,12H2,1H3. The van der Waals surface area contributed by atoms with E-state index < -0.39 is 10.8 Å². The summed E-state index contributed by atoms with van der Waals surface area (Å²) in [6, 6.07) is 12.9. The fraction of sp³-hybridized carbons (Fsp3) is 0.0952. The van der Waals surface area contributed by atoms with Crippen molar-refractivity contribution in [2.45, 2.75) is 6.54 Å². The van der Waals surface area contributed by atoms with Crippen molar-refractivity contribution in [1.29, 1.82) is 0 Å². The van der Waals surface area contributed by atoms with Crippen LogP contribution < -0.4 is 9.64 Å². The maximum Gasteiger partial charge on any atom is 0.282 e. The molecule has 0 spiro atoms. The second-order valence-electron chi connectivity index (χ2n) is 6.47. The van der Waals surface area contributed by atoms with Crippen LogP contribution in [0.4, 0.5) is 10.8 Å². The molecule has 4 rings (SSSR count). The molecule has 2 aromatic heterocycles. The van der Waals surface area contributed by atoms with Crippen LogP contribution in [0.25, 0.3) is 10.2 Å². The van der Waals surface area contributed by atoms with Crippen LogP contribution in [0.2, 0.25) is 5.02 Å². The highest BCUT2D eigenvalue weighted by Gasteiger charge is 2.28. The number of methoxy groups -OCH3 is 1. The van der Waals surface area contributed by atoms with E-state index in [2.05, 4.69) is 9.97 Å². The van der Waals surface area contributed by atoms with Crippen LogP contribution in [0.15, 0.2) is 60.9 Å². The van der Waals surface area contributed by atoms with Gasteiger partial charge < -0.3 is 4.74 Å². The number of carbonyl (C=O) groups excluding carboxylic acids is 1. The van der Waals surface area contributed by atoms with Gasteiger partial charge in [-0.05, 0) is 35.9 Å². The predicted molar refractivity (Wildman–Crippen MR) is 119 cm³/mol. The lowest BCUT2D eigenvalue weighted by Gasteiger charge is -2.20. The van der Waals surface area contributed by atoms with Crippen molar-refractivity contribution in [3.8, 4) is 5.75 Å². The van der Waals surface area contributed by atoms with Gasteiger partial charge in [0.15, 0.2) is 5.13 Å². The van der Waals surface area contributed by atoms with Crippen molar-refractivity contribution in [2.24, 2.45) is 0 Å². The second-order valence-corrected chi connectivity index (χ2v) is 7.92. The Morgan fingerprint density at radius 3 is 2.81 bits per heavy atom. The molecule has 0 bridgehead atoms. The van der Waals surface area contributed by atoms with Crippen LogP contribution in [0.3, 0.4) is 0 Å². The largest absolute Gasteiger partial charge is 0.494 e. The molecule has 0 saturated heterocycles. The number of ether oxygens (including phenoxy) is 1. The topological polar surface area (TPSA) is 98.5 Å². The Balaban J connectivity index is 1.85. The smallest absolute Gasteiger partial charge is 0.282 e. The molecule has 4 aromatic rings. The van der Waals surface area contributed by atoms with Crippen molar-refractivity contribution < 1.29 is 14.5 Å². The molecule has 0 unspecified atom stereocenters. The Bertz CT molecular complexity index is 1280. The number of amides is 1. The number of benzene rings is 2. The van der Waals surface area contributed by atoms with E-state index in [9.17, 15) is 14.9 Å². The maximum atomic E-state index is 13.5. The fourth-order valence-corrected chi connectivity index (χ4v) is 4.23. The highest BCUT2D eigenvalue weighted by atomic mass is 35.5. The third-order valence-corrected chi connectivity index (χ3v) is 5.79. The van der Waals surface area contributed by atoms with Gasteiger partial charge in [-0.2, -0.15) is 0 Å². The summed E-state index contributed by atoms with van der Waals surface area (Å²) in [6.45, 7) is 0.123. The van der Waals surface area contributed by atoms with Gasteiger partial charge in [0.05, 0.1) is 23.3 Å². The molecule has 0 radical (unpaired) electrons. The first-order valence-corrected chi connectivity index (χ1v) is 10.3. The molecule has 0 aliphatic heterocycles. The monoisotopic (exact) mass is 454 g/mol. The van der Waals surface area contributed by atoms with E-state index in [1.54, 1.807) is 31.6 Å². The number of fused-ring (bicyclic) bond motifs is 1. The van der Waals surface area contributed by atoms with Crippen molar-refractivity contribution >= 4 is 49.9 Å². The van der Waals surface area contributed by atoms with E-state index in [-0.39, 0.29) is 22.8 Å². The molecule has 10 heteroatoms. The van der Waals surface area contributed by atoms with E-state index in [4.69, 9.17) is 16.3 Å². The molecule has 8 nitrogen and oxygen atoms in total. The number of carbonyl (C=O) groups is 1. The second kappa shape index (κ2) is 8.66. The first-order valence-electron chi connectivity index (χ1n) is 9.06. The molecule has 0 fully saturated rings. The van der Waals surface area contributed by atoms with E-state index in [1.165, 1.54) is 34.4 Å². The first kappa shape index (κ1) is 20.7. The number of nitrogens with zero attached hydrogens (tertiary/aromatic N) is 4. The molecule has 156 valence electrons. The summed E-state index contributed by atoms with van der Waals surface area (Å²) in [5, 5.41) is 12.1. The molecule has 0 saturated carbocycles. The Hall–Kier alpha value is -3.56. The number of rotatable bonds is 6. The minimum Gasteiger partial charge on any atom is -0.494 e. The molecule has 0 N–H and O–H groups in total. The number of para-hydroxylation sites is 1. The lowest BCUT2D eigenvalue weighted by Crippen LogP contribution is -2.31. The number of aromatic nitrogens is 2. The first-order chi connectivity index (χ1) is 15.0. The van der Waals surface area contributed by atoms with Crippen molar-refractivity contribution in [3.63, 3.8) is 0 Å². The molecular weight excluding hydrogens is 440 g/mol. The molecule has 2 aromatic carbocycles. The van der Waals surface area contributed by atoms with Gasteiger partial charge in [0, 0.05) is 23.5 Å². The van der Waals surface area contributed by atoms with E-state index in [0.29, 0.717) is 16.4 Å². The van der Waals surface area contributed by atoms with Crippen LogP contribution in [0, 0.1) is 10.1 Å². The van der Waals surface area contributed by atoms with E-state index in [1.807, 2.05) is 18.2 Å². The number of nitro benzene ring substituents is 1. The Morgan fingerprint density at radius 2 is 2.10 bits per heavy atom. The number of anilines is 1. The predicted octanol–water partition coefficient (Wildman–Crippen LogP) is 5.11. The van der Waals surface area contributed by atoms with Gasteiger partial charge in [0.25, 0.3) is 11.6 Å². The molecule has 31 heavy (non-hydrogen) atoms. The zero-order valence-electron chi connectivity index (χ0n) is 16.2. The highest BCUT2D eigenvalue weighted by molar-refractivity contribution is 7.22. The fourth-order valence-electron chi connectivity index (χ4n) is 3.08. The Kier molecular flexibility index (Phi) is 5.79. The summed E-state index contributed by atoms with van der Waals surface area (Å²) in [7, 11) is 1.54. The molecule has 2 heterocycles. The van der Waals surface area contributed by atoms with Crippen molar-refractivity contribution in [1.82, 2.24) is 9.97 Å². The molecule has 1 amide bonds. The molecule has 0 aliphatic rings. The lowest BCUT2D eigenvalue weighted by atomic mass is 10.1. The lowest BCUT2D eigenvalue weighted by molar-refractivity contribution is -0.385. The quantitative estimate of drug-likeness (QED) is 0.296. The summed E-state index contributed by atoms with van der Waals surface area (Å²) in [5.74, 6) is -0.0152. The minimum absolute atomic E-state index is 0.118. The van der Waals surface area contributed by atoms with Gasteiger partial charge >= 0.3 is 0 Å². The third-order valence-electron chi connectivity index (χ3n) is 4.52. The Morgan fingerprint density at radius 1 is 1.26 bits per heavy atom. The van der Waals surface area contributed by atoms with Gasteiger partial charge in [0.2, 0.25) is 0 Å². The summed E-state index contributed by atoms with van der Waals surface area (Å²) in [5.41, 5.74) is 0.901. The number of nitro groups is 1. The summed E-state index contributed by atoms with van der Waals surface area (Å²) in [6.07, 6.45) is 3.25. The van der Waals surface area contributed by atoms with Crippen LogP contribution in [-0.2, 0) is 6.54 Å². The SMILES string of the molecule is COc1cccc2sc(N(Cc3cccnc3)C(=O)c3cc(Cl)ccc3[N+](=O)[O-])nc12. The van der Waals surface area contributed by atoms with Crippen LogP contribution in [-0.4, -0.2) is 27.9 Å². The summed E-state index contributed by atoms with van der Waals surface area (Å²) >= 11 is 7.33. The maximum absolute atomic E-state index is 13.5. The summed E-state index contributed by atoms with van der Waals surface area (Å²) < 4.78 is 6.19. The zero-order valence-corrected chi connectivity index (χ0v) is 17.8. The van der Waals surface area contributed by atoms with Crippen LogP contribution in [0.1, 0.15) is 15.9 Å². The van der Waals surface area contributed by atoms with Gasteiger partial charge in [-0.1, -0.05) is 35.1 Å². The number of halogens is 1. The average Bonchev–Trinajstić information content (AvgIpc) is 3.21. The number of hydrogen-bond acceptors (Lipinski definition) is 7. The van der Waals surface area contributed by atoms with Gasteiger partial charge in [-0.3, -0.25) is 24.8 Å². The zero-order chi connectivity index (χ0) is 22.0. The van der Waals surface area contributed by atoms with Crippen LogP contribution >= 0.6 is 22.9 Å². The van der Waals surface area contributed by atoms with Crippen molar-refractivity contribution in [2.75, 3.05) is 12.0 Å². The normalized spacial score (nSPS) is 10.8. The van der Waals surface area contributed by atoms with E-state index >= 15 is 0 Å². The number of hydrogen-bond donors (Lipinski definition) is 0. The summed E-state index contributed by atoms with van der Waals surface area (Å²) in [4.78, 5) is 34.5. The van der Waals surface area contributed by atoms with Gasteiger partial charge in [-0.25, -0.2) is 4.98 Å². The van der Waals surface area contributed by atoms with Crippen LogP contribution in [0.5, 0.6) is 5.75 Å².